The van der Waals surface area contributed by atoms with Crippen LogP contribution in [0.1, 0.15) is 56.2 Å². The van der Waals surface area contributed by atoms with Crippen molar-refractivity contribution in [3.05, 3.63) is 40.4 Å². The van der Waals surface area contributed by atoms with E-state index in [2.05, 4.69) is 10.1 Å². The van der Waals surface area contributed by atoms with Crippen LogP contribution in [0.4, 0.5) is 0 Å². The first-order chi connectivity index (χ1) is 16.4. The third kappa shape index (κ3) is 4.23. The molecule has 1 aliphatic carbocycles. The Hall–Kier alpha value is -3.10. The van der Waals surface area contributed by atoms with Gasteiger partial charge in [-0.2, -0.15) is 4.98 Å². The van der Waals surface area contributed by atoms with Crippen molar-refractivity contribution in [2.45, 2.75) is 57.9 Å². The first-order valence-electron chi connectivity index (χ1n) is 12.3. The smallest absolute Gasteiger partial charge is 0.328 e. The molecule has 1 saturated carbocycles. The van der Waals surface area contributed by atoms with Crippen molar-refractivity contribution in [1.29, 1.82) is 0 Å². The molecule has 0 unspecified atom stereocenters. The number of likely N-dealkylation sites (tertiary alicyclic amines) is 1. The fourth-order valence-corrected chi connectivity index (χ4v) is 5.64. The normalized spacial score (nSPS) is 21.8. The van der Waals surface area contributed by atoms with E-state index in [-0.39, 0.29) is 23.4 Å². The molecular weight excluding hydrogens is 434 g/mol. The van der Waals surface area contributed by atoms with Crippen molar-refractivity contribution in [2.24, 2.45) is 18.9 Å². The lowest BCUT2D eigenvalue weighted by Gasteiger charge is -2.35. The number of ether oxygens (including phenoxy) is 1. The number of fused-ring (bicyclic) bond motifs is 1. The molecule has 0 bridgehead atoms. The van der Waals surface area contributed by atoms with Gasteiger partial charge in [-0.1, -0.05) is 5.16 Å². The highest BCUT2D eigenvalue weighted by molar-refractivity contribution is 5.79. The van der Waals surface area contributed by atoms with Gasteiger partial charge in [0, 0.05) is 51.5 Å². The minimum absolute atomic E-state index is 0.00104. The lowest BCUT2D eigenvalue weighted by Crippen LogP contribution is -2.42. The summed E-state index contributed by atoms with van der Waals surface area (Å²) in [6.45, 7) is 3.99. The molecule has 182 valence electrons. The number of amides is 1. The van der Waals surface area contributed by atoms with E-state index in [0.29, 0.717) is 18.4 Å². The quantitative estimate of drug-likeness (QED) is 0.572. The summed E-state index contributed by atoms with van der Waals surface area (Å²) in [6, 6.07) is 5.76. The van der Waals surface area contributed by atoms with E-state index in [9.17, 15) is 9.59 Å². The van der Waals surface area contributed by atoms with E-state index in [4.69, 9.17) is 9.26 Å². The second-order valence-electron chi connectivity index (χ2n) is 9.80. The average molecular weight is 468 g/mol. The van der Waals surface area contributed by atoms with Gasteiger partial charge in [0.05, 0.1) is 18.1 Å². The Labute approximate surface area is 198 Å². The van der Waals surface area contributed by atoms with Gasteiger partial charge in [0.1, 0.15) is 5.75 Å². The van der Waals surface area contributed by atoms with Crippen LogP contribution in [0.3, 0.4) is 0 Å². The van der Waals surface area contributed by atoms with Gasteiger partial charge in [-0.25, -0.2) is 4.79 Å². The Morgan fingerprint density at radius 1 is 1.12 bits per heavy atom. The van der Waals surface area contributed by atoms with Gasteiger partial charge in [0.2, 0.25) is 11.8 Å². The van der Waals surface area contributed by atoms with Crippen molar-refractivity contribution in [3.63, 3.8) is 0 Å². The van der Waals surface area contributed by atoms with E-state index in [1.54, 1.807) is 18.6 Å². The number of carbonyl (C=O) groups is 1. The van der Waals surface area contributed by atoms with Crippen LogP contribution in [-0.2, 0) is 18.4 Å². The van der Waals surface area contributed by atoms with Crippen molar-refractivity contribution >= 4 is 16.9 Å². The number of hydrogen-bond donors (Lipinski definition) is 0. The lowest BCUT2D eigenvalue weighted by atomic mass is 9.81. The summed E-state index contributed by atoms with van der Waals surface area (Å²) in [6.07, 6.45) is 5.46. The number of aryl methyl sites for hydroxylation is 2. The van der Waals surface area contributed by atoms with Crippen LogP contribution in [0, 0.1) is 18.8 Å². The third-order valence-electron chi connectivity index (χ3n) is 7.70. The van der Waals surface area contributed by atoms with E-state index in [1.165, 1.54) is 0 Å². The highest BCUT2D eigenvalue weighted by Gasteiger charge is 2.33. The second-order valence-corrected chi connectivity index (χ2v) is 9.80. The summed E-state index contributed by atoms with van der Waals surface area (Å²) in [5.41, 5.74) is 1.82. The highest BCUT2D eigenvalue weighted by Crippen LogP contribution is 2.34. The Balaban J connectivity index is 1.18. The molecular formula is C25H33N5O4. The second kappa shape index (κ2) is 9.27. The number of hydrogen-bond acceptors (Lipinski definition) is 6. The van der Waals surface area contributed by atoms with Gasteiger partial charge in [0.25, 0.3) is 0 Å². The van der Waals surface area contributed by atoms with Crippen LogP contribution in [0.25, 0.3) is 11.0 Å². The molecule has 0 N–H and O–H groups in total. The molecule has 1 amide bonds. The van der Waals surface area contributed by atoms with Gasteiger partial charge in [-0.05, 0) is 56.6 Å². The first-order valence-corrected chi connectivity index (χ1v) is 12.3. The molecule has 34 heavy (non-hydrogen) atoms. The maximum absolute atomic E-state index is 13.2. The summed E-state index contributed by atoms with van der Waals surface area (Å²) in [5, 5.41) is 4.06. The fourth-order valence-electron chi connectivity index (χ4n) is 5.64. The third-order valence-corrected chi connectivity index (χ3v) is 7.70. The van der Waals surface area contributed by atoms with E-state index in [1.807, 2.05) is 34.7 Å². The first kappa shape index (κ1) is 22.7. The van der Waals surface area contributed by atoms with Crippen LogP contribution < -0.4 is 10.4 Å². The topological polar surface area (TPSA) is 95.4 Å². The van der Waals surface area contributed by atoms with Crippen LogP contribution in [0.15, 0.2) is 27.5 Å². The minimum atomic E-state index is 0.00104. The van der Waals surface area contributed by atoms with Gasteiger partial charge in [-0.3, -0.25) is 13.9 Å². The summed E-state index contributed by atoms with van der Waals surface area (Å²) < 4.78 is 14.1. The largest absolute Gasteiger partial charge is 0.497 e. The Kier molecular flexibility index (Phi) is 6.18. The minimum Gasteiger partial charge on any atom is -0.497 e. The number of imidazole rings is 1. The zero-order valence-electron chi connectivity index (χ0n) is 20.2. The molecule has 2 fully saturated rings. The Morgan fingerprint density at radius 2 is 1.85 bits per heavy atom. The molecule has 2 aliphatic rings. The number of aromatic nitrogens is 4. The Bertz CT molecular complexity index is 1230. The maximum Gasteiger partial charge on any atom is 0.328 e. The monoisotopic (exact) mass is 467 g/mol. The average Bonchev–Trinajstić information content (AvgIpc) is 3.41. The molecule has 2 aromatic heterocycles. The van der Waals surface area contributed by atoms with Crippen molar-refractivity contribution in [3.8, 4) is 5.75 Å². The number of carbonyl (C=O) groups excluding carboxylic acids is 1. The summed E-state index contributed by atoms with van der Waals surface area (Å²) >= 11 is 0. The molecule has 3 aromatic rings. The molecule has 3 heterocycles. The number of piperidine rings is 1. The SMILES string of the molecule is COc1ccc2c(c1)n(CC1CCC(C(=O)N3CCC(c4noc(C)n4)CC3)CC1)c(=O)n2C. The van der Waals surface area contributed by atoms with E-state index < -0.39 is 0 Å². The van der Waals surface area contributed by atoms with Crippen molar-refractivity contribution < 1.29 is 14.1 Å². The predicted molar refractivity (Wildman–Crippen MR) is 127 cm³/mol. The van der Waals surface area contributed by atoms with Crippen molar-refractivity contribution in [1.82, 2.24) is 24.2 Å². The Morgan fingerprint density at radius 3 is 2.50 bits per heavy atom. The number of methoxy groups -OCH3 is 1. The number of nitrogens with zero attached hydrogens (tertiary/aromatic N) is 5. The molecule has 9 nitrogen and oxygen atoms in total. The van der Waals surface area contributed by atoms with E-state index >= 15 is 0 Å². The molecule has 5 rings (SSSR count). The lowest BCUT2D eigenvalue weighted by molar-refractivity contribution is -0.138. The molecule has 0 radical (unpaired) electrons. The highest BCUT2D eigenvalue weighted by atomic mass is 16.5. The zero-order chi connectivity index (χ0) is 23.8. The standard InChI is InChI=1S/C25H33N5O4/c1-16-26-23(27-34-16)18-10-12-29(13-11-18)24(31)19-6-4-17(5-7-19)15-30-22-14-20(33-3)8-9-21(22)28(2)25(30)32/h8-9,14,17-19H,4-7,10-13,15H2,1-3H3. The molecule has 1 saturated heterocycles. The summed E-state index contributed by atoms with van der Waals surface area (Å²) in [7, 11) is 3.45. The predicted octanol–water partition coefficient (Wildman–Crippen LogP) is 3.25. The van der Waals surface area contributed by atoms with Crippen LogP contribution in [-0.4, -0.2) is 50.3 Å². The van der Waals surface area contributed by atoms with Gasteiger partial charge >= 0.3 is 5.69 Å². The van der Waals surface area contributed by atoms with Crippen molar-refractivity contribution in [2.75, 3.05) is 20.2 Å². The molecule has 1 aliphatic heterocycles. The number of rotatable bonds is 5. The number of benzene rings is 1. The fraction of sp³-hybridized carbons (Fsp3) is 0.600. The molecule has 1 aromatic carbocycles. The molecule has 9 heteroatoms. The summed E-state index contributed by atoms with van der Waals surface area (Å²) in [4.78, 5) is 32.4. The van der Waals surface area contributed by atoms with Gasteiger partial charge in [0.15, 0.2) is 5.82 Å². The molecule has 0 atom stereocenters. The summed E-state index contributed by atoms with van der Waals surface area (Å²) in [5.74, 6) is 3.15. The molecule has 0 spiro atoms. The van der Waals surface area contributed by atoms with Gasteiger partial charge in [-0.15, -0.1) is 0 Å². The maximum atomic E-state index is 13.2. The van der Waals surface area contributed by atoms with Crippen LogP contribution in [0.5, 0.6) is 5.75 Å². The van der Waals surface area contributed by atoms with Gasteiger partial charge < -0.3 is 14.2 Å². The van der Waals surface area contributed by atoms with Crippen LogP contribution in [0.2, 0.25) is 0 Å². The van der Waals surface area contributed by atoms with E-state index in [0.717, 1.165) is 74.2 Å². The zero-order valence-corrected chi connectivity index (χ0v) is 20.2. The van der Waals surface area contributed by atoms with Crippen LogP contribution >= 0.6 is 0 Å².